The second kappa shape index (κ2) is 2.33. The Morgan fingerprint density at radius 3 is 2.85 bits per heavy atom. The highest BCUT2D eigenvalue weighted by Crippen LogP contribution is 2.32. The van der Waals surface area contributed by atoms with E-state index >= 15 is 0 Å². The van der Waals surface area contributed by atoms with Crippen molar-refractivity contribution in [3.8, 4) is 0 Å². The zero-order chi connectivity index (χ0) is 8.89. The van der Waals surface area contributed by atoms with E-state index in [1.165, 1.54) is 17.7 Å². The fraction of sp³-hybridized carbons (Fsp3) is 0.667. The molecular weight excluding hydrogens is 166 g/mol. The number of aromatic nitrogens is 2. The molecule has 3 N–H and O–H groups in total. The monoisotopic (exact) mass is 179 g/mol. The van der Waals surface area contributed by atoms with Gasteiger partial charge < -0.3 is 10.4 Å². The number of hydrogen-bond donors (Lipinski definition) is 3. The molecule has 0 unspecified atom stereocenters. The van der Waals surface area contributed by atoms with Crippen LogP contribution < -0.4 is 5.32 Å². The largest absolute Gasteiger partial charge is 0.381 e. The number of H-pyrrole nitrogens is 1. The quantitative estimate of drug-likeness (QED) is 0.554. The van der Waals surface area contributed by atoms with Gasteiger partial charge in [-0.05, 0) is 24.8 Å². The molecule has 0 atom stereocenters. The molecule has 0 spiro atoms. The standard InChI is InChI=1S/C9H13N3O/c13-9(4-10-5-9)8-6-2-1-3-7(6)11-12-8/h10,13H,1-5H2,(H,11,12). The van der Waals surface area contributed by atoms with Gasteiger partial charge in [0.2, 0.25) is 0 Å². The maximum Gasteiger partial charge on any atom is 0.133 e. The number of nitrogens with one attached hydrogen (secondary N) is 2. The van der Waals surface area contributed by atoms with E-state index in [9.17, 15) is 5.11 Å². The number of nitrogens with zero attached hydrogens (tertiary/aromatic N) is 1. The molecule has 1 saturated heterocycles. The van der Waals surface area contributed by atoms with Crippen molar-refractivity contribution in [3.05, 3.63) is 17.0 Å². The Kier molecular flexibility index (Phi) is 1.35. The van der Waals surface area contributed by atoms with Crippen molar-refractivity contribution in [2.24, 2.45) is 0 Å². The second-order valence-electron chi connectivity index (χ2n) is 4.02. The molecule has 0 bridgehead atoms. The van der Waals surface area contributed by atoms with Gasteiger partial charge in [0.15, 0.2) is 0 Å². The van der Waals surface area contributed by atoms with Crippen LogP contribution in [0.4, 0.5) is 0 Å². The molecule has 70 valence electrons. The first-order valence-corrected chi connectivity index (χ1v) is 4.79. The van der Waals surface area contributed by atoms with Gasteiger partial charge in [-0.3, -0.25) is 5.10 Å². The van der Waals surface area contributed by atoms with Crippen LogP contribution in [-0.2, 0) is 18.4 Å². The summed E-state index contributed by atoms with van der Waals surface area (Å²) < 4.78 is 0. The first kappa shape index (κ1) is 7.53. The van der Waals surface area contributed by atoms with Crippen LogP contribution in [0.2, 0.25) is 0 Å². The van der Waals surface area contributed by atoms with E-state index < -0.39 is 5.60 Å². The summed E-state index contributed by atoms with van der Waals surface area (Å²) in [6.45, 7) is 1.29. The highest BCUT2D eigenvalue weighted by atomic mass is 16.3. The maximum absolute atomic E-state index is 10.1. The summed E-state index contributed by atoms with van der Waals surface area (Å²) >= 11 is 0. The average molecular weight is 179 g/mol. The third-order valence-corrected chi connectivity index (χ3v) is 3.08. The second-order valence-corrected chi connectivity index (χ2v) is 4.02. The van der Waals surface area contributed by atoms with Crippen LogP contribution >= 0.6 is 0 Å². The molecule has 1 fully saturated rings. The van der Waals surface area contributed by atoms with Crippen LogP contribution in [0.15, 0.2) is 0 Å². The fourth-order valence-corrected chi connectivity index (χ4v) is 2.23. The Hall–Kier alpha value is -0.870. The van der Waals surface area contributed by atoms with Crippen molar-refractivity contribution in [2.45, 2.75) is 24.9 Å². The summed E-state index contributed by atoms with van der Waals surface area (Å²) in [7, 11) is 0. The smallest absolute Gasteiger partial charge is 0.133 e. The Morgan fingerprint density at radius 1 is 1.31 bits per heavy atom. The van der Waals surface area contributed by atoms with E-state index in [1.807, 2.05) is 0 Å². The normalized spacial score (nSPS) is 24.1. The van der Waals surface area contributed by atoms with Crippen molar-refractivity contribution in [3.63, 3.8) is 0 Å². The van der Waals surface area contributed by atoms with E-state index in [0.717, 1.165) is 18.5 Å². The Labute approximate surface area is 76.4 Å². The molecular formula is C9H13N3O. The van der Waals surface area contributed by atoms with Crippen LogP contribution in [0, 0.1) is 0 Å². The molecule has 1 aliphatic carbocycles. The van der Waals surface area contributed by atoms with Crippen LogP contribution in [0.1, 0.15) is 23.4 Å². The number of hydrogen-bond acceptors (Lipinski definition) is 3. The van der Waals surface area contributed by atoms with E-state index in [2.05, 4.69) is 15.5 Å². The minimum atomic E-state index is -0.686. The first-order chi connectivity index (χ1) is 6.30. The molecule has 0 amide bonds. The Balaban J connectivity index is 2.05. The summed E-state index contributed by atoms with van der Waals surface area (Å²) in [4.78, 5) is 0. The lowest BCUT2D eigenvalue weighted by molar-refractivity contribution is -0.0193. The van der Waals surface area contributed by atoms with Crippen LogP contribution in [0.3, 0.4) is 0 Å². The van der Waals surface area contributed by atoms with Crippen LogP contribution in [0.5, 0.6) is 0 Å². The molecule has 4 nitrogen and oxygen atoms in total. The zero-order valence-corrected chi connectivity index (χ0v) is 7.43. The van der Waals surface area contributed by atoms with E-state index in [1.54, 1.807) is 0 Å². The SMILES string of the molecule is OC1(c2n[nH]c3c2CCC3)CNC1. The molecule has 4 heteroatoms. The van der Waals surface area contributed by atoms with Gasteiger partial charge in [0, 0.05) is 18.8 Å². The predicted molar refractivity (Wildman–Crippen MR) is 47.4 cm³/mol. The van der Waals surface area contributed by atoms with Gasteiger partial charge in [-0.15, -0.1) is 0 Å². The number of β-amino-alcohol motifs (C(OH)–C–C–N with tert-alkyl or cyclic N) is 1. The summed E-state index contributed by atoms with van der Waals surface area (Å²) in [5.74, 6) is 0. The van der Waals surface area contributed by atoms with Crippen LogP contribution in [-0.4, -0.2) is 28.4 Å². The molecule has 2 aliphatic rings. The topological polar surface area (TPSA) is 60.9 Å². The molecule has 1 aliphatic heterocycles. The van der Waals surface area contributed by atoms with Gasteiger partial charge in [0.05, 0.1) is 5.69 Å². The van der Waals surface area contributed by atoms with E-state index in [-0.39, 0.29) is 0 Å². The average Bonchev–Trinajstić information content (AvgIpc) is 2.59. The molecule has 0 aromatic carbocycles. The highest BCUT2D eigenvalue weighted by Gasteiger charge is 2.41. The lowest BCUT2D eigenvalue weighted by Gasteiger charge is -2.36. The summed E-state index contributed by atoms with van der Waals surface area (Å²) in [5.41, 5.74) is 2.70. The first-order valence-electron chi connectivity index (χ1n) is 4.79. The number of aromatic amines is 1. The zero-order valence-electron chi connectivity index (χ0n) is 7.43. The molecule has 0 saturated carbocycles. The summed E-state index contributed by atoms with van der Waals surface area (Å²) in [5, 5.41) is 20.4. The van der Waals surface area contributed by atoms with Crippen molar-refractivity contribution in [1.82, 2.24) is 15.5 Å². The molecule has 3 rings (SSSR count). The predicted octanol–water partition coefficient (Wildman–Crippen LogP) is -0.311. The van der Waals surface area contributed by atoms with E-state index in [0.29, 0.717) is 13.1 Å². The van der Waals surface area contributed by atoms with E-state index in [4.69, 9.17) is 0 Å². The molecule has 2 heterocycles. The van der Waals surface area contributed by atoms with Gasteiger partial charge in [0.1, 0.15) is 5.60 Å². The fourth-order valence-electron chi connectivity index (χ4n) is 2.23. The minimum absolute atomic E-state index is 0.643. The van der Waals surface area contributed by atoms with Gasteiger partial charge in [-0.1, -0.05) is 0 Å². The Morgan fingerprint density at radius 2 is 2.15 bits per heavy atom. The maximum atomic E-state index is 10.1. The van der Waals surface area contributed by atoms with Crippen molar-refractivity contribution in [2.75, 3.05) is 13.1 Å². The minimum Gasteiger partial charge on any atom is -0.381 e. The highest BCUT2D eigenvalue weighted by molar-refractivity contribution is 5.35. The Bertz CT molecular complexity index is 341. The van der Waals surface area contributed by atoms with Gasteiger partial charge in [-0.25, -0.2) is 0 Å². The number of fused-ring (bicyclic) bond motifs is 1. The van der Waals surface area contributed by atoms with Gasteiger partial charge in [-0.2, -0.15) is 5.10 Å². The van der Waals surface area contributed by atoms with Crippen molar-refractivity contribution >= 4 is 0 Å². The third-order valence-electron chi connectivity index (χ3n) is 3.08. The summed E-state index contributed by atoms with van der Waals surface area (Å²) in [6, 6.07) is 0. The third kappa shape index (κ3) is 0.899. The van der Waals surface area contributed by atoms with Crippen molar-refractivity contribution < 1.29 is 5.11 Å². The van der Waals surface area contributed by atoms with Crippen molar-refractivity contribution in [1.29, 1.82) is 0 Å². The molecule has 13 heavy (non-hydrogen) atoms. The number of aryl methyl sites for hydroxylation is 1. The lowest BCUT2D eigenvalue weighted by atomic mass is 9.90. The number of rotatable bonds is 1. The number of aliphatic hydroxyl groups is 1. The van der Waals surface area contributed by atoms with Gasteiger partial charge >= 0.3 is 0 Å². The summed E-state index contributed by atoms with van der Waals surface area (Å²) in [6.07, 6.45) is 3.36. The van der Waals surface area contributed by atoms with Gasteiger partial charge in [0.25, 0.3) is 0 Å². The molecule has 1 aromatic rings. The van der Waals surface area contributed by atoms with Crippen LogP contribution in [0.25, 0.3) is 0 Å². The lowest BCUT2D eigenvalue weighted by Crippen LogP contribution is -2.57. The molecule has 1 aromatic heterocycles. The molecule has 0 radical (unpaired) electrons.